The Morgan fingerprint density at radius 3 is 0.341 bits per heavy atom. The van der Waals surface area contributed by atoms with Gasteiger partial charge in [0.05, 0.1) is 46.2 Å². The lowest BCUT2D eigenvalue weighted by Crippen LogP contribution is -2.69. The smallest absolute Gasteiger partial charge is 0.187 e. The standard InChI is InChI=1S/C56H98O35/c1-64-36-29-22(15-57)78-50(43(36)71-8)86-30-23(16-58)80-52(45(73-10)37(30)65-2)88-32-25(18-60)82-54(47(75-12)39(32)67-4)90-34-27(20-62)84-56(49(77-14)41(34)69-6)91-35-28(21-63)83-55(48(76-13)42(35)70-7)89-33-26(19-61)81-53(46(74-11)40(33)68-5)87-31-24(17-59)79-51(85-29)44(72-9)38(31)66-3/h22-63H,15-21H2,1-14H3/t22-,23-,24-,25-,26-,27-,28-,29-,30-,31-,32-,33-,34-,35-,36-,37+,38+,39+,40+,41+,42+,43+,44-,45-,46-,47-,48-,49-,50-,51-,52-,53-,54-,55-,56-/m1/s1. The van der Waals surface area contributed by atoms with E-state index in [1.807, 2.05) is 0 Å². The van der Waals surface area contributed by atoms with Crippen molar-refractivity contribution in [2.75, 3.05) is 146 Å². The van der Waals surface area contributed by atoms with E-state index >= 15 is 0 Å². The van der Waals surface area contributed by atoms with Gasteiger partial charge in [-0.15, -0.1) is 0 Å². The van der Waals surface area contributed by atoms with Crippen LogP contribution >= 0.6 is 0 Å². The molecule has 0 spiro atoms. The van der Waals surface area contributed by atoms with Crippen LogP contribution in [-0.4, -0.2) is 396 Å². The third-order valence-electron chi connectivity index (χ3n) is 18.2. The summed E-state index contributed by atoms with van der Waals surface area (Å²) in [7, 11) is 19.2. The molecule has 0 radical (unpaired) electrons. The van der Waals surface area contributed by atoms with E-state index in [1.165, 1.54) is 99.5 Å². The van der Waals surface area contributed by atoms with E-state index in [-0.39, 0.29) is 0 Å². The first kappa shape index (κ1) is 75.4. The fourth-order valence-electron chi connectivity index (χ4n) is 13.8. The fraction of sp³-hybridized carbons (Fsp3) is 1.00. The zero-order valence-electron chi connectivity index (χ0n) is 53.7. The van der Waals surface area contributed by atoms with E-state index in [0.717, 1.165) is 0 Å². The van der Waals surface area contributed by atoms with Gasteiger partial charge in [-0.2, -0.15) is 0 Å². The molecule has 21 aliphatic heterocycles. The van der Waals surface area contributed by atoms with Gasteiger partial charge < -0.3 is 168 Å². The molecule has 532 valence electrons. The summed E-state index contributed by atoms with van der Waals surface area (Å²) in [6.07, 6.45) is -43.5. The largest absolute Gasteiger partial charge is 0.394 e. The summed E-state index contributed by atoms with van der Waals surface area (Å²) < 4.78 is 177. The minimum Gasteiger partial charge on any atom is -0.394 e. The van der Waals surface area contributed by atoms with Gasteiger partial charge in [0.2, 0.25) is 0 Å². The predicted molar refractivity (Wildman–Crippen MR) is 295 cm³/mol. The summed E-state index contributed by atoms with van der Waals surface area (Å²) in [6.45, 7) is -4.84. The lowest BCUT2D eigenvalue weighted by molar-refractivity contribution is -0.402. The van der Waals surface area contributed by atoms with Gasteiger partial charge >= 0.3 is 0 Å². The Morgan fingerprint density at radius 1 is 0.165 bits per heavy atom. The monoisotopic (exact) mass is 1330 g/mol. The van der Waals surface area contributed by atoms with Crippen molar-refractivity contribution >= 4 is 0 Å². The van der Waals surface area contributed by atoms with Crippen molar-refractivity contribution in [2.45, 2.75) is 215 Å². The van der Waals surface area contributed by atoms with Crippen LogP contribution in [-0.2, 0) is 133 Å². The molecule has 21 heterocycles. The van der Waals surface area contributed by atoms with Gasteiger partial charge in [-0.1, -0.05) is 0 Å². The first-order valence-electron chi connectivity index (χ1n) is 30.0. The van der Waals surface area contributed by atoms with Crippen molar-refractivity contribution in [1.82, 2.24) is 0 Å². The van der Waals surface area contributed by atoms with Gasteiger partial charge in [-0.25, -0.2) is 0 Å². The second-order valence-electron chi connectivity index (χ2n) is 22.6. The summed E-state index contributed by atoms with van der Waals surface area (Å²) in [6, 6.07) is 0. The van der Waals surface area contributed by atoms with Crippen LogP contribution < -0.4 is 0 Å². The Kier molecular flexibility index (Phi) is 29.3. The summed E-state index contributed by atoms with van der Waals surface area (Å²) >= 11 is 0. The van der Waals surface area contributed by atoms with Gasteiger partial charge in [0, 0.05) is 99.5 Å². The van der Waals surface area contributed by atoms with E-state index in [9.17, 15) is 35.7 Å². The first-order valence-corrected chi connectivity index (χ1v) is 30.0. The van der Waals surface area contributed by atoms with Crippen LogP contribution in [0.5, 0.6) is 0 Å². The second-order valence-corrected chi connectivity index (χ2v) is 22.6. The molecule has 35 atom stereocenters. The highest BCUT2D eigenvalue weighted by atomic mass is 16.8. The topological polar surface area (TPSA) is 400 Å². The normalized spacial score (nSPS) is 48.7. The van der Waals surface area contributed by atoms with E-state index in [1.54, 1.807) is 0 Å². The molecule has 21 fully saturated rings. The number of hydrogen-bond acceptors (Lipinski definition) is 35. The lowest BCUT2D eigenvalue weighted by atomic mass is 9.94. The first-order chi connectivity index (χ1) is 44.2. The molecule has 0 aromatic heterocycles. The van der Waals surface area contributed by atoms with E-state index in [4.69, 9.17) is 133 Å². The average molecular weight is 1330 g/mol. The molecule has 35 nitrogen and oxygen atoms in total. The number of ether oxygens (including phenoxy) is 28. The number of rotatable bonds is 21. The zero-order valence-corrected chi connectivity index (χ0v) is 53.7. The molecule has 0 amide bonds. The van der Waals surface area contributed by atoms with Crippen LogP contribution in [0.25, 0.3) is 0 Å². The molecule has 35 heteroatoms. The molecule has 0 aliphatic carbocycles. The van der Waals surface area contributed by atoms with Crippen LogP contribution in [0.1, 0.15) is 0 Å². The number of aliphatic hydroxyl groups excluding tert-OH is 7. The van der Waals surface area contributed by atoms with Crippen molar-refractivity contribution in [3.63, 3.8) is 0 Å². The maximum atomic E-state index is 11.1. The predicted octanol–water partition coefficient (Wildman–Crippen LogP) is -6.07. The van der Waals surface area contributed by atoms with Crippen molar-refractivity contribution in [3.8, 4) is 0 Å². The Balaban J connectivity index is 1.19. The molecule has 7 N–H and O–H groups in total. The number of methoxy groups -OCH3 is 14. The van der Waals surface area contributed by atoms with Crippen LogP contribution in [0.2, 0.25) is 0 Å². The summed E-state index contributed by atoms with van der Waals surface area (Å²) in [4.78, 5) is 0. The van der Waals surface area contributed by atoms with Crippen molar-refractivity contribution in [2.24, 2.45) is 0 Å². The molecule has 0 aromatic carbocycles. The Morgan fingerprint density at radius 2 is 0.264 bits per heavy atom. The minimum atomic E-state index is -1.41. The van der Waals surface area contributed by atoms with Crippen LogP contribution in [0.15, 0.2) is 0 Å². The quantitative estimate of drug-likeness (QED) is 0.0562. The van der Waals surface area contributed by atoms with Crippen molar-refractivity contribution in [1.29, 1.82) is 0 Å². The minimum absolute atomic E-state index is 0.692. The number of hydrogen-bond donors (Lipinski definition) is 7. The van der Waals surface area contributed by atoms with Crippen LogP contribution in [0.4, 0.5) is 0 Å². The van der Waals surface area contributed by atoms with Crippen LogP contribution in [0, 0.1) is 0 Å². The second kappa shape index (κ2) is 35.4. The molecule has 21 rings (SSSR count). The summed E-state index contributed by atoms with van der Waals surface area (Å²) in [5, 5.41) is 77.6. The molecule has 0 aromatic rings. The molecule has 0 unspecified atom stereocenters. The molecular formula is C56H98O35. The third-order valence-corrected chi connectivity index (χ3v) is 18.2. The lowest BCUT2D eigenvalue weighted by Gasteiger charge is -2.52. The Hall–Kier alpha value is -1.40. The van der Waals surface area contributed by atoms with Gasteiger partial charge in [0.25, 0.3) is 0 Å². The van der Waals surface area contributed by atoms with Gasteiger partial charge in [0.15, 0.2) is 44.0 Å². The summed E-state index contributed by atoms with van der Waals surface area (Å²) in [5.41, 5.74) is 0. The van der Waals surface area contributed by atoms with Crippen molar-refractivity contribution < 1.29 is 168 Å². The molecular weight excluding hydrogens is 1230 g/mol. The van der Waals surface area contributed by atoms with Gasteiger partial charge in [-0.05, 0) is 0 Å². The highest BCUT2D eigenvalue weighted by Gasteiger charge is 2.62. The molecule has 14 bridgehead atoms. The van der Waals surface area contributed by atoms with E-state index in [2.05, 4.69) is 0 Å². The maximum absolute atomic E-state index is 11.1. The Labute approximate surface area is 528 Å². The Bertz CT molecular complexity index is 1690. The van der Waals surface area contributed by atoms with Gasteiger partial charge in [-0.3, -0.25) is 0 Å². The fourth-order valence-corrected chi connectivity index (χ4v) is 13.8. The summed E-state index contributed by atoms with van der Waals surface area (Å²) in [5.74, 6) is 0. The van der Waals surface area contributed by atoms with E-state index < -0.39 is 261 Å². The van der Waals surface area contributed by atoms with E-state index in [0.29, 0.717) is 0 Å². The molecule has 91 heavy (non-hydrogen) atoms. The molecule has 21 aliphatic rings. The zero-order chi connectivity index (χ0) is 66.0. The highest BCUT2D eigenvalue weighted by Crippen LogP contribution is 2.42. The van der Waals surface area contributed by atoms with Crippen LogP contribution in [0.3, 0.4) is 0 Å². The molecule has 21 saturated heterocycles. The molecule has 0 saturated carbocycles. The van der Waals surface area contributed by atoms with Gasteiger partial charge in [0.1, 0.15) is 171 Å². The maximum Gasteiger partial charge on any atom is 0.187 e. The highest BCUT2D eigenvalue weighted by molar-refractivity contribution is 5.04. The third kappa shape index (κ3) is 15.3. The SMILES string of the molecule is CO[C@@H]1[C@@H](OC)[C@H]2O[C@H]3[C@H](OC)[C@@H](OC)[C@@H](O[C@H]4[C@H](OC)[C@@H](OC)[C@@H](O[C@H]5[C@H](OC)[C@@H](OC)[C@@H](O[C@H]6[C@H](OC)[C@@H](OC)[C@@H](O[C@H]7[C@H](OC)[C@@H](OC)[C@@H](O[C@H]8[C@@H](OC)[C@H](OC)[C@@H](O[C@@H]1[C@@H](CO)O2)O[C@@H]8CO)O[C@@H]7CO)O[C@@H]6CO)O[C@@H]5CO)O[C@@H]4CO)O[C@@H]3CO. The number of aliphatic hydroxyl groups is 7. The average Bonchev–Trinajstić information content (AvgIpc) is 0.788. The van der Waals surface area contributed by atoms with Crippen molar-refractivity contribution in [3.05, 3.63) is 0 Å².